The zero-order valence-electron chi connectivity index (χ0n) is 20.6. The number of aromatic nitrogens is 2. The quantitative estimate of drug-likeness (QED) is 0.475. The van der Waals surface area contributed by atoms with Crippen LogP contribution in [0, 0.1) is 0 Å². The molecular formula is C27H34N6O2S. The van der Waals surface area contributed by atoms with Crippen molar-refractivity contribution in [3.8, 4) is 10.4 Å². The van der Waals surface area contributed by atoms with E-state index in [1.54, 1.807) is 11.3 Å². The summed E-state index contributed by atoms with van der Waals surface area (Å²) >= 11 is 1.78. The average Bonchev–Trinajstić information content (AvgIpc) is 3.66. The molecule has 0 bridgehead atoms. The zero-order chi connectivity index (χ0) is 24.5. The van der Waals surface area contributed by atoms with Gasteiger partial charge in [-0.1, -0.05) is 18.9 Å². The van der Waals surface area contributed by atoms with E-state index in [4.69, 9.17) is 15.5 Å². The number of anilines is 1. The van der Waals surface area contributed by atoms with Gasteiger partial charge in [0, 0.05) is 71.2 Å². The number of carbonyl (C=O) groups excluding carboxylic acids is 1. The van der Waals surface area contributed by atoms with Gasteiger partial charge in [0.1, 0.15) is 11.5 Å². The van der Waals surface area contributed by atoms with Crippen LogP contribution in [-0.2, 0) is 11.3 Å². The summed E-state index contributed by atoms with van der Waals surface area (Å²) in [5.74, 6) is 0.544. The minimum atomic E-state index is 0.0680. The first kappa shape index (κ1) is 23.5. The molecule has 4 N–H and O–H groups in total. The Morgan fingerprint density at radius 2 is 2.03 bits per heavy atom. The van der Waals surface area contributed by atoms with E-state index in [1.165, 1.54) is 23.3 Å². The van der Waals surface area contributed by atoms with Gasteiger partial charge in [0.25, 0.3) is 0 Å². The highest BCUT2D eigenvalue weighted by atomic mass is 32.1. The number of hydrogen-bond donors (Lipinski definition) is 3. The number of pyridine rings is 1. The summed E-state index contributed by atoms with van der Waals surface area (Å²) in [6.45, 7) is 5.86. The summed E-state index contributed by atoms with van der Waals surface area (Å²) in [6.07, 6.45) is 9.68. The predicted octanol–water partition coefficient (Wildman–Crippen LogP) is 4.45. The molecule has 8 nitrogen and oxygen atoms in total. The van der Waals surface area contributed by atoms with E-state index >= 15 is 0 Å². The van der Waals surface area contributed by atoms with E-state index in [0.29, 0.717) is 18.4 Å². The molecule has 0 spiro atoms. The maximum absolute atomic E-state index is 12.7. The second kappa shape index (κ2) is 10.2. The number of aromatic amines is 1. The molecule has 1 aliphatic carbocycles. The summed E-state index contributed by atoms with van der Waals surface area (Å²) in [6, 6.07) is 6.95. The van der Waals surface area contributed by atoms with Gasteiger partial charge in [-0.2, -0.15) is 0 Å². The van der Waals surface area contributed by atoms with Gasteiger partial charge >= 0.3 is 6.03 Å². The molecule has 3 aliphatic rings. The Bertz CT molecular complexity index is 1270. The van der Waals surface area contributed by atoms with Gasteiger partial charge in [-0.05, 0) is 43.0 Å². The van der Waals surface area contributed by atoms with Crippen LogP contribution in [0.1, 0.15) is 42.5 Å². The van der Waals surface area contributed by atoms with Crippen molar-refractivity contribution >= 4 is 39.8 Å². The number of nitrogen functional groups attached to an aromatic ring is 1. The molecule has 36 heavy (non-hydrogen) atoms. The molecule has 1 saturated carbocycles. The van der Waals surface area contributed by atoms with Crippen LogP contribution in [0.4, 0.5) is 10.6 Å². The van der Waals surface area contributed by atoms with Crippen LogP contribution in [0.25, 0.3) is 27.0 Å². The number of urea groups is 1. The number of ether oxygens (including phenoxy) is 1. The predicted molar refractivity (Wildman–Crippen MR) is 145 cm³/mol. The zero-order valence-corrected chi connectivity index (χ0v) is 21.4. The van der Waals surface area contributed by atoms with Crippen LogP contribution in [-0.4, -0.2) is 71.2 Å². The number of nitrogens with two attached hydrogens (primary N) is 1. The lowest BCUT2D eigenvalue weighted by Crippen LogP contribution is -2.45. The number of nitrogens with one attached hydrogen (secondary N) is 2. The van der Waals surface area contributed by atoms with Gasteiger partial charge in [-0.15, -0.1) is 11.3 Å². The second-order valence-electron chi connectivity index (χ2n) is 10.0. The third kappa shape index (κ3) is 4.87. The van der Waals surface area contributed by atoms with Crippen LogP contribution in [0.15, 0.2) is 30.5 Å². The molecule has 0 atom stereocenters. The third-order valence-corrected chi connectivity index (χ3v) is 8.73. The molecule has 0 radical (unpaired) electrons. The summed E-state index contributed by atoms with van der Waals surface area (Å²) in [4.78, 5) is 27.5. The van der Waals surface area contributed by atoms with E-state index in [-0.39, 0.29) is 6.03 Å². The molecule has 1 saturated heterocycles. The SMILES string of the molecule is Nc1nc2[nH]cc(C3=CCN(C(=O)NC4CCCC4)CC3)c2cc1-c1ccc(CN2CCOCC2)s1. The van der Waals surface area contributed by atoms with Crippen molar-refractivity contribution in [2.45, 2.75) is 44.7 Å². The van der Waals surface area contributed by atoms with Crippen LogP contribution in [0.5, 0.6) is 0 Å². The fourth-order valence-electron chi connectivity index (χ4n) is 5.55. The highest BCUT2D eigenvalue weighted by molar-refractivity contribution is 7.15. The van der Waals surface area contributed by atoms with Crippen molar-refractivity contribution in [3.63, 3.8) is 0 Å². The van der Waals surface area contributed by atoms with E-state index < -0.39 is 0 Å². The van der Waals surface area contributed by atoms with Gasteiger partial charge in [0.2, 0.25) is 0 Å². The van der Waals surface area contributed by atoms with Crippen LogP contribution < -0.4 is 11.1 Å². The monoisotopic (exact) mass is 506 g/mol. The number of morpholine rings is 1. The number of nitrogens with zero attached hydrogens (tertiary/aromatic N) is 3. The number of fused-ring (bicyclic) bond motifs is 1. The highest BCUT2D eigenvalue weighted by Gasteiger charge is 2.24. The number of H-pyrrole nitrogens is 1. The highest BCUT2D eigenvalue weighted by Crippen LogP contribution is 2.37. The van der Waals surface area contributed by atoms with E-state index in [1.807, 2.05) is 11.1 Å². The van der Waals surface area contributed by atoms with Gasteiger partial charge in [0.05, 0.1) is 13.2 Å². The van der Waals surface area contributed by atoms with Crippen molar-refractivity contribution in [3.05, 3.63) is 40.9 Å². The molecule has 6 rings (SSSR count). The molecule has 2 aliphatic heterocycles. The van der Waals surface area contributed by atoms with Gasteiger partial charge in [-0.25, -0.2) is 9.78 Å². The van der Waals surface area contributed by atoms with E-state index in [0.717, 1.165) is 85.7 Å². The lowest BCUT2D eigenvalue weighted by molar-refractivity contribution is 0.0346. The largest absolute Gasteiger partial charge is 0.383 e. The van der Waals surface area contributed by atoms with Gasteiger partial charge in [-0.3, -0.25) is 4.90 Å². The van der Waals surface area contributed by atoms with Gasteiger partial charge in [0.15, 0.2) is 0 Å². The minimum Gasteiger partial charge on any atom is -0.383 e. The van der Waals surface area contributed by atoms with Crippen molar-refractivity contribution in [1.82, 2.24) is 25.1 Å². The smallest absolute Gasteiger partial charge is 0.317 e. The normalized spacial score (nSPS) is 19.7. The Kier molecular flexibility index (Phi) is 6.69. The molecule has 5 heterocycles. The average molecular weight is 507 g/mol. The van der Waals surface area contributed by atoms with Crippen molar-refractivity contribution in [2.75, 3.05) is 45.1 Å². The van der Waals surface area contributed by atoms with E-state index in [2.05, 4.69) is 39.5 Å². The molecule has 2 fully saturated rings. The summed E-state index contributed by atoms with van der Waals surface area (Å²) in [5.41, 5.74) is 10.6. The minimum absolute atomic E-state index is 0.0680. The first-order valence-electron chi connectivity index (χ1n) is 13.1. The fourth-order valence-corrected chi connectivity index (χ4v) is 6.62. The first-order chi connectivity index (χ1) is 17.6. The Balaban J connectivity index is 1.19. The van der Waals surface area contributed by atoms with Crippen LogP contribution in [0.2, 0.25) is 0 Å². The number of thiophene rings is 1. The molecule has 0 aromatic carbocycles. The van der Waals surface area contributed by atoms with E-state index in [9.17, 15) is 4.79 Å². The summed E-state index contributed by atoms with van der Waals surface area (Å²) in [5, 5.41) is 4.29. The number of rotatable bonds is 5. The standard InChI is InChI=1S/C27H34N6O2S/c28-25-22(24-6-5-20(36-24)17-32-11-13-35-14-12-32)15-21-23(16-29-26(21)31-25)18-7-9-33(10-8-18)27(34)30-19-3-1-2-4-19/h5-7,15-16,19H,1-4,8-14,17H2,(H,30,34)(H3,28,29,31). The Hall–Kier alpha value is -2.88. The second-order valence-corrected chi connectivity index (χ2v) is 11.2. The van der Waals surface area contributed by atoms with Crippen LogP contribution in [0.3, 0.4) is 0 Å². The third-order valence-electron chi connectivity index (χ3n) is 7.63. The lowest BCUT2D eigenvalue weighted by atomic mass is 9.99. The van der Waals surface area contributed by atoms with Crippen LogP contribution >= 0.6 is 11.3 Å². The number of amides is 2. The molecule has 3 aromatic heterocycles. The topological polar surface area (TPSA) is 99.5 Å². The Morgan fingerprint density at radius 1 is 1.19 bits per heavy atom. The van der Waals surface area contributed by atoms with Crippen molar-refractivity contribution < 1.29 is 9.53 Å². The molecule has 0 unspecified atom stereocenters. The Labute approximate surface area is 215 Å². The molecule has 9 heteroatoms. The molecular weight excluding hydrogens is 472 g/mol. The lowest BCUT2D eigenvalue weighted by Gasteiger charge is -2.28. The maximum atomic E-state index is 12.7. The fraction of sp³-hybridized carbons (Fsp3) is 0.481. The number of hydrogen-bond acceptors (Lipinski definition) is 6. The number of carbonyl (C=O) groups is 1. The van der Waals surface area contributed by atoms with Gasteiger partial charge < -0.3 is 25.7 Å². The first-order valence-corrected chi connectivity index (χ1v) is 13.9. The summed E-state index contributed by atoms with van der Waals surface area (Å²) < 4.78 is 5.47. The van der Waals surface area contributed by atoms with Crippen molar-refractivity contribution in [2.24, 2.45) is 0 Å². The molecule has 3 aromatic rings. The molecule has 2 amide bonds. The Morgan fingerprint density at radius 3 is 2.81 bits per heavy atom. The molecule has 190 valence electrons. The van der Waals surface area contributed by atoms with Crippen molar-refractivity contribution in [1.29, 1.82) is 0 Å². The maximum Gasteiger partial charge on any atom is 0.317 e. The summed E-state index contributed by atoms with van der Waals surface area (Å²) in [7, 11) is 0.